The molecule has 3 rings (SSSR count). The molecule has 15 nitrogen and oxygen atoms in total. The van der Waals surface area contributed by atoms with E-state index in [1.807, 2.05) is 0 Å². The third kappa shape index (κ3) is 5.07. The van der Waals surface area contributed by atoms with Gasteiger partial charge in [-0.25, -0.2) is 0 Å². The molecule has 0 aromatic carbocycles. The molecule has 14 atom stereocenters. The lowest BCUT2D eigenvalue weighted by molar-refractivity contribution is -0.383. The zero-order valence-electron chi connectivity index (χ0n) is 16.7. The van der Waals surface area contributed by atoms with Gasteiger partial charge in [0.15, 0.2) is 18.9 Å². The monoisotopic (exact) mass is 474 g/mol. The molecular weight excluding hydrogens is 444 g/mol. The lowest BCUT2D eigenvalue weighted by Gasteiger charge is -2.47. The SMILES string of the molecule is OC[C@H]1O[C@@H](O[C@H]2C(O)O[C@H](CO)[C@@H](O)[C@@H]2O[C@@H]2OC[C@@H](O)[C@H](O)[C@H]2O)[C@H](O)[C@@H](O)[C@@H]1O. The highest BCUT2D eigenvalue weighted by molar-refractivity contribution is 4.95. The largest absolute Gasteiger partial charge is 0.394 e. The predicted octanol–water partition coefficient (Wildman–Crippen LogP) is -6.93. The molecule has 0 aromatic rings. The standard InChI is InChI=1S/C17H30O15/c18-1-5-8(22)10(24)12(26)17(30-5)32-14-13(9(23)6(2-19)29-15(14)27)31-16-11(25)7(21)4(20)3-28-16/h4-27H,1-3H2/t4-,5-,6-,7+,8-,9-,10+,11-,12-,13+,14-,15?,16+,17+/m1/s1. The summed E-state index contributed by atoms with van der Waals surface area (Å²) in [6, 6.07) is 0. The van der Waals surface area contributed by atoms with Crippen LogP contribution in [0, 0.1) is 0 Å². The lowest BCUT2D eigenvalue weighted by Crippen LogP contribution is -2.66. The van der Waals surface area contributed by atoms with Gasteiger partial charge in [0.2, 0.25) is 0 Å². The minimum Gasteiger partial charge on any atom is -0.394 e. The number of hydrogen-bond donors (Lipinski definition) is 10. The van der Waals surface area contributed by atoms with Crippen molar-refractivity contribution in [3.05, 3.63) is 0 Å². The summed E-state index contributed by atoms with van der Waals surface area (Å²) in [5, 5.41) is 99.2. The second kappa shape index (κ2) is 10.8. The van der Waals surface area contributed by atoms with E-state index in [1.165, 1.54) is 0 Å². The summed E-state index contributed by atoms with van der Waals surface area (Å²) >= 11 is 0. The molecule has 1 unspecified atom stereocenters. The summed E-state index contributed by atoms with van der Waals surface area (Å²) in [5.41, 5.74) is 0. The maximum absolute atomic E-state index is 10.6. The summed E-state index contributed by atoms with van der Waals surface area (Å²) in [7, 11) is 0. The average molecular weight is 474 g/mol. The van der Waals surface area contributed by atoms with Crippen LogP contribution in [-0.4, -0.2) is 157 Å². The van der Waals surface area contributed by atoms with Crippen molar-refractivity contribution >= 4 is 0 Å². The Bertz CT molecular complexity index is 594. The van der Waals surface area contributed by atoms with Gasteiger partial charge in [0.05, 0.1) is 19.8 Å². The van der Waals surface area contributed by atoms with E-state index in [1.54, 1.807) is 0 Å². The molecular formula is C17H30O15. The van der Waals surface area contributed by atoms with Gasteiger partial charge < -0.3 is 74.7 Å². The average Bonchev–Trinajstić information content (AvgIpc) is 2.78. The van der Waals surface area contributed by atoms with E-state index < -0.39 is 106 Å². The molecule has 0 amide bonds. The van der Waals surface area contributed by atoms with Crippen molar-refractivity contribution in [2.75, 3.05) is 19.8 Å². The first-order valence-electron chi connectivity index (χ1n) is 10.00. The van der Waals surface area contributed by atoms with Crippen LogP contribution in [0.25, 0.3) is 0 Å². The highest BCUT2D eigenvalue weighted by atomic mass is 16.8. The van der Waals surface area contributed by atoms with Crippen LogP contribution in [-0.2, 0) is 23.7 Å². The zero-order chi connectivity index (χ0) is 23.7. The normalized spacial score (nSPS) is 52.7. The van der Waals surface area contributed by atoms with Crippen LogP contribution in [0.4, 0.5) is 0 Å². The highest BCUT2D eigenvalue weighted by Gasteiger charge is 2.52. The van der Waals surface area contributed by atoms with Crippen LogP contribution in [0.2, 0.25) is 0 Å². The molecule has 0 aromatic heterocycles. The Morgan fingerprint density at radius 2 is 1.16 bits per heavy atom. The first-order valence-corrected chi connectivity index (χ1v) is 10.00. The van der Waals surface area contributed by atoms with Gasteiger partial charge in [0.1, 0.15) is 67.1 Å². The fourth-order valence-corrected chi connectivity index (χ4v) is 3.75. The van der Waals surface area contributed by atoms with Crippen LogP contribution in [0.15, 0.2) is 0 Å². The maximum Gasteiger partial charge on any atom is 0.187 e. The van der Waals surface area contributed by atoms with Crippen LogP contribution in [0.5, 0.6) is 0 Å². The van der Waals surface area contributed by atoms with Gasteiger partial charge in [-0.2, -0.15) is 0 Å². The van der Waals surface area contributed by atoms with E-state index in [0.717, 1.165) is 0 Å². The molecule has 0 radical (unpaired) electrons. The predicted molar refractivity (Wildman–Crippen MR) is 95.2 cm³/mol. The topological polar surface area (TPSA) is 248 Å². The van der Waals surface area contributed by atoms with E-state index >= 15 is 0 Å². The number of aliphatic hydroxyl groups excluding tert-OH is 10. The van der Waals surface area contributed by atoms with Gasteiger partial charge in [-0.3, -0.25) is 0 Å². The molecule has 0 aliphatic carbocycles. The molecule has 0 spiro atoms. The Labute approximate surface area is 181 Å². The minimum atomic E-state index is -1.89. The smallest absolute Gasteiger partial charge is 0.187 e. The summed E-state index contributed by atoms with van der Waals surface area (Å²) in [6.07, 6.45) is -23.0. The van der Waals surface area contributed by atoms with Gasteiger partial charge in [-0.1, -0.05) is 0 Å². The molecule has 0 bridgehead atoms. The van der Waals surface area contributed by atoms with Gasteiger partial charge in [-0.05, 0) is 0 Å². The van der Waals surface area contributed by atoms with Gasteiger partial charge in [0, 0.05) is 0 Å². The molecule has 188 valence electrons. The first kappa shape index (κ1) is 26.0. The van der Waals surface area contributed by atoms with E-state index in [9.17, 15) is 51.1 Å². The summed E-state index contributed by atoms with van der Waals surface area (Å²) in [5.74, 6) is 0. The highest BCUT2D eigenvalue weighted by Crippen LogP contribution is 2.31. The summed E-state index contributed by atoms with van der Waals surface area (Å²) < 4.78 is 26.4. The van der Waals surface area contributed by atoms with E-state index in [2.05, 4.69) is 0 Å². The van der Waals surface area contributed by atoms with E-state index in [0.29, 0.717) is 0 Å². The Kier molecular flexibility index (Phi) is 8.75. The Balaban J connectivity index is 1.80. The number of ether oxygens (including phenoxy) is 5. The fourth-order valence-electron chi connectivity index (χ4n) is 3.75. The molecule has 3 saturated heterocycles. The third-order valence-corrected chi connectivity index (χ3v) is 5.70. The fraction of sp³-hybridized carbons (Fsp3) is 1.00. The lowest BCUT2D eigenvalue weighted by atomic mass is 9.97. The molecule has 0 saturated carbocycles. The van der Waals surface area contributed by atoms with Crippen molar-refractivity contribution in [1.29, 1.82) is 0 Å². The number of hydrogen-bond acceptors (Lipinski definition) is 15. The number of aliphatic hydroxyl groups is 10. The van der Waals surface area contributed by atoms with Gasteiger partial charge in [-0.15, -0.1) is 0 Å². The summed E-state index contributed by atoms with van der Waals surface area (Å²) in [6.45, 7) is -1.92. The minimum absolute atomic E-state index is 0.424. The van der Waals surface area contributed by atoms with Gasteiger partial charge in [0.25, 0.3) is 0 Å². The van der Waals surface area contributed by atoms with Crippen molar-refractivity contribution in [3.8, 4) is 0 Å². The van der Waals surface area contributed by atoms with Crippen LogP contribution in [0.3, 0.4) is 0 Å². The van der Waals surface area contributed by atoms with E-state index in [-0.39, 0.29) is 0 Å². The molecule has 3 heterocycles. The second-order valence-electron chi connectivity index (χ2n) is 7.89. The number of rotatable bonds is 6. The zero-order valence-corrected chi connectivity index (χ0v) is 16.7. The first-order chi connectivity index (χ1) is 15.1. The molecule has 3 aliphatic heterocycles. The molecule has 15 heteroatoms. The van der Waals surface area contributed by atoms with Crippen LogP contribution < -0.4 is 0 Å². The van der Waals surface area contributed by atoms with Crippen molar-refractivity contribution in [2.45, 2.75) is 86.0 Å². The Morgan fingerprint density at radius 1 is 0.594 bits per heavy atom. The Morgan fingerprint density at radius 3 is 1.78 bits per heavy atom. The molecule has 3 fully saturated rings. The molecule has 32 heavy (non-hydrogen) atoms. The molecule has 10 N–H and O–H groups in total. The van der Waals surface area contributed by atoms with E-state index in [4.69, 9.17) is 23.7 Å². The van der Waals surface area contributed by atoms with Crippen molar-refractivity contribution in [1.82, 2.24) is 0 Å². The maximum atomic E-state index is 10.6. The van der Waals surface area contributed by atoms with Crippen molar-refractivity contribution < 1.29 is 74.7 Å². The summed E-state index contributed by atoms with van der Waals surface area (Å²) in [4.78, 5) is 0. The van der Waals surface area contributed by atoms with Crippen molar-refractivity contribution in [3.63, 3.8) is 0 Å². The molecule has 3 aliphatic rings. The van der Waals surface area contributed by atoms with Crippen LogP contribution >= 0.6 is 0 Å². The van der Waals surface area contributed by atoms with Gasteiger partial charge >= 0.3 is 0 Å². The Hall–Kier alpha value is -0.600. The quantitative estimate of drug-likeness (QED) is 0.172. The van der Waals surface area contributed by atoms with Crippen molar-refractivity contribution in [2.24, 2.45) is 0 Å². The third-order valence-electron chi connectivity index (χ3n) is 5.70. The second-order valence-corrected chi connectivity index (χ2v) is 7.89. The van der Waals surface area contributed by atoms with Crippen LogP contribution in [0.1, 0.15) is 0 Å².